The summed E-state index contributed by atoms with van der Waals surface area (Å²) in [5.74, 6) is 1.71. The van der Waals surface area contributed by atoms with E-state index in [2.05, 4.69) is 6.58 Å². The topological polar surface area (TPSA) is 26.3 Å². The van der Waals surface area contributed by atoms with Crippen molar-refractivity contribution in [2.24, 2.45) is 0 Å². The molecule has 84 valence electrons. The van der Waals surface area contributed by atoms with Gasteiger partial charge in [0.15, 0.2) is 11.9 Å². The van der Waals surface area contributed by atoms with E-state index in [1.165, 1.54) is 0 Å². The first-order chi connectivity index (χ1) is 7.81. The Bertz CT molecular complexity index is 401. The lowest BCUT2D eigenvalue weighted by molar-refractivity contribution is -0.125. The van der Waals surface area contributed by atoms with Gasteiger partial charge in [-0.1, -0.05) is 18.2 Å². The van der Waals surface area contributed by atoms with Crippen LogP contribution < -0.4 is 4.74 Å². The summed E-state index contributed by atoms with van der Waals surface area (Å²) in [6.45, 7) is 3.62. The maximum absolute atomic E-state index is 11.8. The Morgan fingerprint density at radius 2 is 2.38 bits per heavy atom. The van der Waals surface area contributed by atoms with Crippen LogP contribution in [-0.2, 0) is 4.79 Å². The Balaban J connectivity index is 2.02. The Labute approximate surface area is 99.7 Å². The highest BCUT2D eigenvalue weighted by atomic mass is 32.2. The Morgan fingerprint density at radius 3 is 3.19 bits per heavy atom. The maximum Gasteiger partial charge on any atom is 0.174 e. The lowest BCUT2D eigenvalue weighted by Crippen LogP contribution is -2.32. The number of carbonyl (C=O) groups excluding carboxylic acids is 1. The summed E-state index contributed by atoms with van der Waals surface area (Å²) >= 11 is 1.69. The largest absolute Gasteiger partial charge is 0.481 e. The second-order valence-electron chi connectivity index (χ2n) is 3.66. The van der Waals surface area contributed by atoms with Crippen molar-refractivity contribution in [2.75, 3.05) is 5.75 Å². The molecule has 2 rings (SSSR count). The van der Waals surface area contributed by atoms with Crippen molar-refractivity contribution in [3.8, 4) is 5.75 Å². The molecule has 0 N–H and O–H groups in total. The first kappa shape index (κ1) is 11.3. The van der Waals surface area contributed by atoms with Crippen LogP contribution in [-0.4, -0.2) is 17.6 Å². The lowest BCUT2D eigenvalue weighted by atomic mass is 10.1. The lowest BCUT2D eigenvalue weighted by Gasteiger charge is -2.24. The molecule has 1 aromatic carbocycles. The van der Waals surface area contributed by atoms with Gasteiger partial charge in [0, 0.05) is 17.1 Å². The summed E-state index contributed by atoms with van der Waals surface area (Å²) in [7, 11) is 0. The number of hydrogen-bond donors (Lipinski definition) is 0. The number of thioether (sulfide) groups is 1. The van der Waals surface area contributed by atoms with E-state index in [4.69, 9.17) is 4.74 Å². The molecule has 0 aromatic heterocycles. The maximum atomic E-state index is 11.8. The molecule has 1 heterocycles. The zero-order valence-electron chi connectivity index (χ0n) is 9.02. The van der Waals surface area contributed by atoms with E-state index in [9.17, 15) is 4.79 Å². The molecule has 16 heavy (non-hydrogen) atoms. The minimum atomic E-state index is -0.292. The van der Waals surface area contributed by atoms with Gasteiger partial charge in [0.2, 0.25) is 0 Å². The van der Waals surface area contributed by atoms with Crippen LogP contribution in [0.15, 0.2) is 41.8 Å². The van der Waals surface area contributed by atoms with Crippen LogP contribution in [0.1, 0.15) is 12.8 Å². The van der Waals surface area contributed by atoms with Crippen LogP contribution in [0.3, 0.4) is 0 Å². The second kappa shape index (κ2) is 5.21. The minimum Gasteiger partial charge on any atom is -0.481 e. The third-order valence-corrected chi connectivity index (χ3v) is 3.58. The second-order valence-corrected chi connectivity index (χ2v) is 4.72. The van der Waals surface area contributed by atoms with Gasteiger partial charge in [-0.25, -0.2) is 0 Å². The van der Waals surface area contributed by atoms with Gasteiger partial charge in [-0.05, 0) is 18.6 Å². The van der Waals surface area contributed by atoms with E-state index in [0.717, 1.165) is 17.1 Å². The van der Waals surface area contributed by atoms with Crippen LogP contribution in [0.5, 0.6) is 5.75 Å². The van der Waals surface area contributed by atoms with Crippen LogP contribution in [0.4, 0.5) is 0 Å². The highest BCUT2D eigenvalue weighted by Crippen LogP contribution is 2.35. The van der Waals surface area contributed by atoms with Crippen molar-refractivity contribution in [1.82, 2.24) is 0 Å². The predicted octanol–water partition coefficient (Wildman–Crippen LogP) is 3.08. The third kappa shape index (κ3) is 2.47. The van der Waals surface area contributed by atoms with Gasteiger partial charge in [0.05, 0.1) is 0 Å². The van der Waals surface area contributed by atoms with Crippen LogP contribution in [0, 0.1) is 0 Å². The third-order valence-electron chi connectivity index (χ3n) is 2.46. The molecule has 0 saturated heterocycles. The van der Waals surface area contributed by atoms with Gasteiger partial charge in [0.25, 0.3) is 0 Å². The van der Waals surface area contributed by atoms with Crippen molar-refractivity contribution in [3.05, 3.63) is 36.9 Å². The molecule has 1 atom stereocenters. The van der Waals surface area contributed by atoms with Crippen molar-refractivity contribution in [1.29, 1.82) is 0 Å². The molecule has 0 amide bonds. The van der Waals surface area contributed by atoms with E-state index in [0.29, 0.717) is 12.2 Å². The van der Waals surface area contributed by atoms with Crippen LogP contribution >= 0.6 is 11.8 Å². The number of carbonyl (C=O) groups is 1. The molecule has 2 nitrogen and oxygen atoms in total. The molecule has 0 radical (unpaired) electrons. The SMILES string of the molecule is C=CCCC(=O)C1CSc2ccccc2O1. The number of benzene rings is 1. The van der Waals surface area contributed by atoms with Crippen LogP contribution in [0.2, 0.25) is 0 Å². The van der Waals surface area contributed by atoms with E-state index in [1.807, 2.05) is 24.3 Å². The molecule has 1 aromatic rings. The first-order valence-corrected chi connectivity index (χ1v) is 6.32. The number of ether oxygens (including phenoxy) is 1. The molecule has 1 aliphatic heterocycles. The smallest absolute Gasteiger partial charge is 0.174 e. The van der Waals surface area contributed by atoms with Crippen LogP contribution in [0.25, 0.3) is 0 Å². The minimum absolute atomic E-state index is 0.168. The summed E-state index contributed by atoms with van der Waals surface area (Å²) in [5, 5.41) is 0. The quantitative estimate of drug-likeness (QED) is 0.749. The van der Waals surface area contributed by atoms with Gasteiger partial charge in [-0.3, -0.25) is 4.79 Å². The molecule has 1 unspecified atom stereocenters. The number of Topliss-reactive ketones (excluding diaryl/α,β-unsaturated/α-hetero) is 1. The molecule has 0 spiro atoms. The number of ketones is 1. The summed E-state index contributed by atoms with van der Waals surface area (Å²) < 4.78 is 5.69. The number of fused-ring (bicyclic) bond motifs is 1. The van der Waals surface area contributed by atoms with Gasteiger partial charge in [-0.15, -0.1) is 18.3 Å². The van der Waals surface area contributed by atoms with Gasteiger partial charge >= 0.3 is 0 Å². The molecule has 1 aliphatic rings. The number of hydrogen-bond acceptors (Lipinski definition) is 3. The molecule has 0 saturated carbocycles. The molecular formula is C13H14O2S. The van der Waals surface area contributed by atoms with Gasteiger partial charge in [-0.2, -0.15) is 0 Å². The highest BCUT2D eigenvalue weighted by Gasteiger charge is 2.25. The standard InChI is InChI=1S/C13H14O2S/c1-2-3-6-10(14)12-9-16-13-8-5-4-7-11(13)15-12/h2,4-5,7-8,12H,1,3,6,9H2. The summed E-state index contributed by atoms with van der Waals surface area (Å²) in [5.41, 5.74) is 0. The average molecular weight is 234 g/mol. The average Bonchev–Trinajstić information content (AvgIpc) is 2.35. The van der Waals surface area contributed by atoms with Crippen molar-refractivity contribution in [3.63, 3.8) is 0 Å². The molecule has 0 bridgehead atoms. The van der Waals surface area contributed by atoms with E-state index in [1.54, 1.807) is 17.8 Å². The highest BCUT2D eigenvalue weighted by molar-refractivity contribution is 7.99. The molecule has 3 heteroatoms. The zero-order valence-corrected chi connectivity index (χ0v) is 9.83. The fourth-order valence-corrected chi connectivity index (χ4v) is 2.60. The summed E-state index contributed by atoms with van der Waals surface area (Å²) in [6.07, 6.45) is 2.73. The van der Waals surface area contributed by atoms with Gasteiger partial charge in [0.1, 0.15) is 5.75 Å². The number of allylic oxidation sites excluding steroid dienone is 1. The van der Waals surface area contributed by atoms with Gasteiger partial charge < -0.3 is 4.74 Å². The Hall–Kier alpha value is -1.22. The number of rotatable bonds is 4. The molecular weight excluding hydrogens is 220 g/mol. The summed E-state index contributed by atoms with van der Waals surface area (Å²) in [4.78, 5) is 12.9. The molecule has 0 aliphatic carbocycles. The van der Waals surface area contributed by atoms with Crippen molar-refractivity contribution < 1.29 is 9.53 Å². The monoisotopic (exact) mass is 234 g/mol. The first-order valence-electron chi connectivity index (χ1n) is 5.33. The molecule has 0 fully saturated rings. The van der Waals surface area contributed by atoms with Crippen molar-refractivity contribution >= 4 is 17.5 Å². The fourth-order valence-electron chi connectivity index (χ4n) is 1.58. The normalized spacial score (nSPS) is 18.4. The van der Waals surface area contributed by atoms with Crippen molar-refractivity contribution in [2.45, 2.75) is 23.8 Å². The Morgan fingerprint density at radius 1 is 1.56 bits per heavy atom. The van der Waals surface area contributed by atoms with E-state index in [-0.39, 0.29) is 11.9 Å². The fraction of sp³-hybridized carbons (Fsp3) is 0.308. The predicted molar refractivity (Wildman–Crippen MR) is 66.0 cm³/mol. The summed E-state index contributed by atoms with van der Waals surface area (Å²) in [6, 6.07) is 7.84. The number of para-hydroxylation sites is 1. The Kier molecular flexibility index (Phi) is 3.67. The van der Waals surface area contributed by atoms with E-state index < -0.39 is 0 Å². The zero-order chi connectivity index (χ0) is 11.4. The van der Waals surface area contributed by atoms with E-state index >= 15 is 0 Å².